The zero-order valence-corrected chi connectivity index (χ0v) is 12.7. The molecule has 0 saturated heterocycles. The van der Waals surface area contributed by atoms with Gasteiger partial charge in [-0.25, -0.2) is 0 Å². The second-order valence-electron chi connectivity index (χ2n) is 5.40. The number of hydrogen-bond acceptors (Lipinski definition) is 2. The molecule has 1 atom stereocenters. The maximum absolute atomic E-state index is 12.4. The summed E-state index contributed by atoms with van der Waals surface area (Å²) in [5, 5.41) is 2.76. The van der Waals surface area contributed by atoms with Crippen molar-refractivity contribution >= 4 is 17.5 Å². The summed E-state index contributed by atoms with van der Waals surface area (Å²) in [5.74, 6) is -0.677. The Balaban J connectivity index is 1.95. The van der Waals surface area contributed by atoms with Crippen LogP contribution in [0.1, 0.15) is 19.3 Å². The standard InChI is InChI=1S/C18H22N2O2/c1-2-13-20(16-11-7-4-8-12-16)18(22)17(21)19-14-15-9-5-3-6-10-15/h2-5,7-8,11-12,15H,1,6,9-10,13-14H2,(H,19,21). The van der Waals surface area contributed by atoms with Crippen LogP contribution in [0.2, 0.25) is 0 Å². The van der Waals surface area contributed by atoms with Gasteiger partial charge >= 0.3 is 11.8 Å². The summed E-state index contributed by atoms with van der Waals surface area (Å²) < 4.78 is 0. The van der Waals surface area contributed by atoms with Crippen molar-refractivity contribution in [1.29, 1.82) is 0 Å². The Morgan fingerprint density at radius 2 is 2.05 bits per heavy atom. The Morgan fingerprint density at radius 3 is 2.68 bits per heavy atom. The summed E-state index contributed by atoms with van der Waals surface area (Å²) >= 11 is 0. The van der Waals surface area contributed by atoms with Crippen LogP contribution in [0.25, 0.3) is 0 Å². The number of anilines is 1. The first-order valence-electron chi connectivity index (χ1n) is 7.63. The average molecular weight is 298 g/mol. The smallest absolute Gasteiger partial charge is 0.316 e. The van der Waals surface area contributed by atoms with E-state index in [-0.39, 0.29) is 0 Å². The Labute approximate surface area is 131 Å². The molecule has 0 aromatic heterocycles. The summed E-state index contributed by atoms with van der Waals surface area (Å²) in [6, 6.07) is 9.16. The first kappa shape index (κ1) is 16.0. The molecule has 1 aromatic carbocycles. The molecule has 0 heterocycles. The molecule has 0 bridgehead atoms. The van der Waals surface area contributed by atoms with Gasteiger partial charge in [0, 0.05) is 18.8 Å². The molecule has 2 rings (SSSR count). The summed E-state index contributed by atoms with van der Waals surface area (Å²) in [5.41, 5.74) is 0.697. The molecule has 22 heavy (non-hydrogen) atoms. The van der Waals surface area contributed by atoms with Crippen LogP contribution in [0, 0.1) is 5.92 Å². The lowest BCUT2D eigenvalue weighted by atomic mass is 9.94. The molecule has 0 saturated carbocycles. The molecule has 1 N–H and O–H groups in total. The Bertz CT molecular complexity index is 551. The van der Waals surface area contributed by atoms with Crippen molar-refractivity contribution in [3.8, 4) is 0 Å². The van der Waals surface area contributed by atoms with Gasteiger partial charge in [0.25, 0.3) is 0 Å². The Kier molecular flexibility index (Phi) is 5.95. The van der Waals surface area contributed by atoms with E-state index in [0.717, 1.165) is 19.3 Å². The fraction of sp³-hybridized carbons (Fsp3) is 0.333. The highest BCUT2D eigenvalue weighted by molar-refractivity contribution is 6.40. The number of carbonyl (C=O) groups is 2. The lowest BCUT2D eigenvalue weighted by Crippen LogP contribution is -2.44. The van der Waals surface area contributed by atoms with Gasteiger partial charge in [-0.3, -0.25) is 9.59 Å². The van der Waals surface area contributed by atoms with Gasteiger partial charge in [0.05, 0.1) is 0 Å². The Hall–Kier alpha value is -2.36. The van der Waals surface area contributed by atoms with E-state index in [9.17, 15) is 9.59 Å². The van der Waals surface area contributed by atoms with Crippen LogP contribution in [0.5, 0.6) is 0 Å². The second-order valence-corrected chi connectivity index (χ2v) is 5.40. The SMILES string of the molecule is C=CCN(C(=O)C(=O)NCC1CC=CCC1)c1ccccc1. The number of amides is 2. The molecular formula is C18H22N2O2. The van der Waals surface area contributed by atoms with Gasteiger partial charge in [-0.2, -0.15) is 0 Å². The van der Waals surface area contributed by atoms with Gasteiger partial charge in [-0.1, -0.05) is 36.4 Å². The fourth-order valence-corrected chi connectivity index (χ4v) is 2.52. The third kappa shape index (κ3) is 4.32. The monoisotopic (exact) mass is 298 g/mol. The van der Waals surface area contributed by atoms with Gasteiger partial charge in [0.15, 0.2) is 0 Å². The van der Waals surface area contributed by atoms with E-state index in [1.807, 2.05) is 18.2 Å². The molecule has 0 fully saturated rings. The number of nitrogens with zero attached hydrogens (tertiary/aromatic N) is 1. The maximum Gasteiger partial charge on any atom is 0.316 e. The van der Waals surface area contributed by atoms with E-state index >= 15 is 0 Å². The van der Waals surface area contributed by atoms with Crippen LogP contribution in [0.4, 0.5) is 5.69 Å². The normalized spacial score (nSPS) is 16.8. The van der Waals surface area contributed by atoms with Crippen molar-refractivity contribution in [2.45, 2.75) is 19.3 Å². The van der Waals surface area contributed by atoms with Crippen LogP contribution < -0.4 is 10.2 Å². The molecule has 1 aliphatic rings. The van der Waals surface area contributed by atoms with Gasteiger partial charge in [0.2, 0.25) is 0 Å². The molecule has 2 amide bonds. The number of benzene rings is 1. The lowest BCUT2D eigenvalue weighted by molar-refractivity contribution is -0.137. The van der Waals surface area contributed by atoms with Crippen molar-refractivity contribution in [3.05, 3.63) is 55.1 Å². The third-order valence-corrected chi connectivity index (χ3v) is 3.75. The number of nitrogens with one attached hydrogen (secondary N) is 1. The van der Waals surface area contributed by atoms with E-state index in [0.29, 0.717) is 24.7 Å². The van der Waals surface area contributed by atoms with Gasteiger partial charge < -0.3 is 10.2 Å². The third-order valence-electron chi connectivity index (χ3n) is 3.75. The molecule has 1 unspecified atom stereocenters. The molecule has 116 valence electrons. The van der Waals surface area contributed by atoms with E-state index < -0.39 is 11.8 Å². The number of allylic oxidation sites excluding steroid dienone is 2. The largest absolute Gasteiger partial charge is 0.348 e. The molecule has 1 aromatic rings. The highest BCUT2D eigenvalue weighted by atomic mass is 16.2. The first-order valence-corrected chi connectivity index (χ1v) is 7.63. The molecular weight excluding hydrogens is 276 g/mol. The molecule has 4 heteroatoms. The van der Waals surface area contributed by atoms with Crippen LogP contribution in [-0.2, 0) is 9.59 Å². The van der Waals surface area contributed by atoms with E-state index in [1.54, 1.807) is 18.2 Å². The van der Waals surface area contributed by atoms with E-state index in [2.05, 4.69) is 24.0 Å². The topological polar surface area (TPSA) is 49.4 Å². The van der Waals surface area contributed by atoms with Gasteiger partial charge in [0.1, 0.15) is 0 Å². The molecule has 0 spiro atoms. The summed E-state index contributed by atoms with van der Waals surface area (Å²) in [6.07, 6.45) is 8.97. The van der Waals surface area contributed by atoms with Crippen molar-refractivity contribution in [3.63, 3.8) is 0 Å². The summed E-state index contributed by atoms with van der Waals surface area (Å²) in [4.78, 5) is 25.9. The van der Waals surface area contributed by atoms with Crippen molar-refractivity contribution < 1.29 is 9.59 Å². The summed E-state index contributed by atoms with van der Waals surface area (Å²) in [7, 11) is 0. The lowest BCUT2D eigenvalue weighted by Gasteiger charge is -2.22. The quantitative estimate of drug-likeness (QED) is 0.671. The number of para-hydroxylation sites is 1. The van der Waals surface area contributed by atoms with Gasteiger partial charge in [-0.05, 0) is 37.3 Å². The maximum atomic E-state index is 12.4. The van der Waals surface area contributed by atoms with Crippen molar-refractivity contribution in [1.82, 2.24) is 5.32 Å². The minimum atomic E-state index is -0.555. The molecule has 0 aliphatic heterocycles. The fourth-order valence-electron chi connectivity index (χ4n) is 2.52. The summed E-state index contributed by atoms with van der Waals surface area (Å²) in [6.45, 7) is 4.51. The predicted octanol–water partition coefficient (Wildman–Crippen LogP) is 2.68. The zero-order chi connectivity index (χ0) is 15.8. The molecule has 0 radical (unpaired) electrons. The predicted molar refractivity (Wildman–Crippen MR) is 88.5 cm³/mol. The van der Waals surface area contributed by atoms with Crippen molar-refractivity contribution in [2.24, 2.45) is 5.92 Å². The van der Waals surface area contributed by atoms with Crippen LogP contribution in [-0.4, -0.2) is 24.9 Å². The van der Waals surface area contributed by atoms with Gasteiger partial charge in [-0.15, -0.1) is 6.58 Å². The van der Waals surface area contributed by atoms with Crippen LogP contribution in [0.15, 0.2) is 55.1 Å². The van der Waals surface area contributed by atoms with E-state index in [1.165, 1.54) is 4.90 Å². The van der Waals surface area contributed by atoms with Crippen LogP contribution in [0.3, 0.4) is 0 Å². The molecule has 1 aliphatic carbocycles. The second kappa shape index (κ2) is 8.17. The Morgan fingerprint density at radius 1 is 1.27 bits per heavy atom. The minimum Gasteiger partial charge on any atom is -0.348 e. The zero-order valence-electron chi connectivity index (χ0n) is 12.7. The van der Waals surface area contributed by atoms with Crippen molar-refractivity contribution in [2.75, 3.05) is 18.0 Å². The number of rotatable bonds is 5. The number of carbonyl (C=O) groups excluding carboxylic acids is 2. The highest BCUT2D eigenvalue weighted by Gasteiger charge is 2.23. The highest BCUT2D eigenvalue weighted by Crippen LogP contribution is 2.17. The van der Waals surface area contributed by atoms with E-state index in [4.69, 9.17) is 0 Å². The average Bonchev–Trinajstić information content (AvgIpc) is 2.58. The molecule has 4 nitrogen and oxygen atoms in total. The van der Waals surface area contributed by atoms with Crippen LogP contribution >= 0.6 is 0 Å². The number of hydrogen-bond donors (Lipinski definition) is 1. The first-order chi connectivity index (χ1) is 10.7. The minimum absolute atomic E-state index is 0.308.